The van der Waals surface area contributed by atoms with Gasteiger partial charge in [-0.3, -0.25) is 10.1 Å². The zero-order valence-electron chi connectivity index (χ0n) is 10.5. The Hall–Kier alpha value is -2.69. The molecule has 0 bridgehead atoms. The van der Waals surface area contributed by atoms with Crippen molar-refractivity contribution in [2.24, 2.45) is 0 Å². The number of nitrogens with zero attached hydrogens (tertiary/aromatic N) is 1. The number of allylic oxidation sites excluding steroid dienone is 1. The van der Waals surface area contributed by atoms with E-state index in [1.807, 2.05) is 6.07 Å². The molecule has 4 nitrogen and oxygen atoms in total. The average Bonchev–Trinajstić information content (AvgIpc) is 2.43. The number of aromatic hydroxyl groups is 1. The zero-order valence-corrected chi connectivity index (χ0v) is 10.5. The maximum atomic E-state index is 13.2. The maximum absolute atomic E-state index is 13.2. The summed E-state index contributed by atoms with van der Waals surface area (Å²) in [5.41, 5.74) is 1.10. The second kappa shape index (κ2) is 5.97. The lowest BCUT2D eigenvalue weighted by Gasteiger charge is -2.01. The molecule has 2 aromatic rings. The average molecular weight is 273 g/mol. The molecule has 0 fully saturated rings. The molecule has 1 N–H and O–H groups in total. The van der Waals surface area contributed by atoms with Crippen LogP contribution in [-0.2, 0) is 6.42 Å². The lowest BCUT2D eigenvalue weighted by molar-refractivity contribution is -0.425. The Labute approximate surface area is 115 Å². The highest BCUT2D eigenvalue weighted by Gasteiger charge is 2.12. The van der Waals surface area contributed by atoms with Crippen molar-refractivity contribution >= 4 is 6.08 Å². The van der Waals surface area contributed by atoms with Crippen molar-refractivity contribution in [1.29, 1.82) is 0 Å². The number of benzene rings is 2. The number of hydrogen-bond donors (Lipinski definition) is 1. The highest BCUT2D eigenvalue weighted by atomic mass is 19.1. The largest absolute Gasteiger partial charge is 0.505 e. The van der Waals surface area contributed by atoms with Gasteiger partial charge in [-0.05, 0) is 23.3 Å². The quantitative estimate of drug-likeness (QED) is 0.686. The molecule has 0 aromatic heterocycles. The second-order valence-corrected chi connectivity index (χ2v) is 4.27. The maximum Gasteiger partial charge on any atom is 0.251 e. The summed E-state index contributed by atoms with van der Waals surface area (Å²) in [4.78, 5) is 10.6. The van der Waals surface area contributed by atoms with Crippen molar-refractivity contribution < 1.29 is 14.4 Å². The SMILES string of the molecule is O=[N+]([O-])/C(=C\c1ccc(O)c(F)c1)Cc1ccccc1. The third-order valence-electron chi connectivity index (χ3n) is 2.77. The van der Waals surface area contributed by atoms with Gasteiger partial charge in [-0.15, -0.1) is 0 Å². The van der Waals surface area contributed by atoms with Gasteiger partial charge in [-0.2, -0.15) is 0 Å². The van der Waals surface area contributed by atoms with E-state index in [-0.39, 0.29) is 12.1 Å². The molecular formula is C15H12FNO3. The Morgan fingerprint density at radius 1 is 1.25 bits per heavy atom. The third-order valence-corrected chi connectivity index (χ3v) is 2.77. The summed E-state index contributed by atoms with van der Waals surface area (Å²) in [6, 6.07) is 12.6. The van der Waals surface area contributed by atoms with E-state index in [2.05, 4.69) is 0 Å². The van der Waals surface area contributed by atoms with E-state index < -0.39 is 16.5 Å². The Bertz CT molecular complexity index is 653. The number of phenolic OH excluding ortho intramolecular Hbond substituents is 1. The van der Waals surface area contributed by atoms with Crippen molar-refractivity contribution in [3.05, 3.63) is 81.3 Å². The monoisotopic (exact) mass is 273 g/mol. The van der Waals surface area contributed by atoms with Gasteiger partial charge in [0.15, 0.2) is 11.6 Å². The summed E-state index contributed by atoms with van der Waals surface area (Å²) < 4.78 is 13.2. The second-order valence-electron chi connectivity index (χ2n) is 4.27. The Morgan fingerprint density at radius 3 is 2.55 bits per heavy atom. The molecule has 20 heavy (non-hydrogen) atoms. The van der Waals surface area contributed by atoms with Crippen LogP contribution in [0.4, 0.5) is 4.39 Å². The minimum Gasteiger partial charge on any atom is -0.505 e. The highest BCUT2D eigenvalue weighted by molar-refractivity contribution is 5.53. The molecule has 102 valence electrons. The summed E-state index contributed by atoms with van der Waals surface area (Å²) in [6.07, 6.45) is 1.45. The molecule has 0 atom stereocenters. The van der Waals surface area contributed by atoms with E-state index in [1.165, 1.54) is 18.2 Å². The van der Waals surface area contributed by atoms with Crippen LogP contribution in [0, 0.1) is 15.9 Å². The van der Waals surface area contributed by atoms with Gasteiger partial charge in [-0.25, -0.2) is 4.39 Å². The molecule has 0 aliphatic rings. The first-order chi connectivity index (χ1) is 9.56. The van der Waals surface area contributed by atoms with Crippen LogP contribution in [0.1, 0.15) is 11.1 Å². The van der Waals surface area contributed by atoms with Crippen LogP contribution in [0.15, 0.2) is 54.2 Å². The van der Waals surface area contributed by atoms with Gasteiger partial charge in [0, 0.05) is 6.08 Å². The number of nitro groups is 1. The first-order valence-electron chi connectivity index (χ1n) is 5.93. The van der Waals surface area contributed by atoms with Crippen LogP contribution in [0.5, 0.6) is 5.75 Å². The predicted molar refractivity (Wildman–Crippen MR) is 73.2 cm³/mol. The predicted octanol–water partition coefficient (Wildman–Crippen LogP) is 3.39. The van der Waals surface area contributed by atoms with Crippen molar-refractivity contribution in [3.8, 4) is 5.75 Å². The first-order valence-corrected chi connectivity index (χ1v) is 5.93. The van der Waals surface area contributed by atoms with Crippen LogP contribution in [0.25, 0.3) is 6.08 Å². The van der Waals surface area contributed by atoms with E-state index in [4.69, 9.17) is 5.11 Å². The Morgan fingerprint density at radius 2 is 1.95 bits per heavy atom. The first kappa shape index (κ1) is 13.7. The van der Waals surface area contributed by atoms with E-state index in [9.17, 15) is 14.5 Å². The minimum absolute atomic E-state index is 0.0405. The number of hydrogen-bond acceptors (Lipinski definition) is 3. The fourth-order valence-electron chi connectivity index (χ4n) is 1.78. The molecule has 0 unspecified atom stereocenters. The summed E-state index contributed by atoms with van der Waals surface area (Å²) in [7, 11) is 0. The van der Waals surface area contributed by atoms with Crippen LogP contribution in [0.2, 0.25) is 0 Å². The normalized spacial score (nSPS) is 11.3. The Balaban J connectivity index is 2.30. The van der Waals surface area contributed by atoms with Gasteiger partial charge >= 0.3 is 0 Å². The molecule has 2 aromatic carbocycles. The number of phenols is 1. The molecule has 0 saturated heterocycles. The van der Waals surface area contributed by atoms with Gasteiger partial charge in [0.2, 0.25) is 0 Å². The summed E-state index contributed by atoms with van der Waals surface area (Å²) >= 11 is 0. The zero-order chi connectivity index (χ0) is 14.5. The molecule has 0 heterocycles. The fraction of sp³-hybridized carbons (Fsp3) is 0.0667. The number of halogens is 1. The number of rotatable bonds is 4. The van der Waals surface area contributed by atoms with E-state index in [1.54, 1.807) is 24.3 Å². The smallest absolute Gasteiger partial charge is 0.251 e. The van der Waals surface area contributed by atoms with E-state index >= 15 is 0 Å². The lowest BCUT2D eigenvalue weighted by atomic mass is 10.1. The van der Waals surface area contributed by atoms with Crippen molar-refractivity contribution in [1.82, 2.24) is 0 Å². The van der Waals surface area contributed by atoms with Crippen LogP contribution in [0.3, 0.4) is 0 Å². The highest BCUT2D eigenvalue weighted by Crippen LogP contribution is 2.19. The molecule has 0 spiro atoms. The molecular weight excluding hydrogens is 261 g/mol. The summed E-state index contributed by atoms with van der Waals surface area (Å²) in [5, 5.41) is 20.1. The summed E-state index contributed by atoms with van der Waals surface area (Å²) in [6.45, 7) is 0. The fourth-order valence-corrected chi connectivity index (χ4v) is 1.78. The van der Waals surface area contributed by atoms with Gasteiger partial charge < -0.3 is 5.11 Å². The molecule has 0 amide bonds. The van der Waals surface area contributed by atoms with Crippen LogP contribution < -0.4 is 0 Å². The topological polar surface area (TPSA) is 63.4 Å². The van der Waals surface area contributed by atoms with E-state index in [0.717, 1.165) is 11.6 Å². The molecule has 2 rings (SSSR count). The molecule has 0 aliphatic heterocycles. The van der Waals surface area contributed by atoms with Gasteiger partial charge in [0.05, 0.1) is 11.3 Å². The van der Waals surface area contributed by atoms with Crippen LogP contribution >= 0.6 is 0 Å². The molecule has 0 aliphatic carbocycles. The third kappa shape index (κ3) is 3.41. The van der Waals surface area contributed by atoms with Gasteiger partial charge in [-0.1, -0.05) is 36.4 Å². The summed E-state index contributed by atoms with van der Waals surface area (Å²) in [5.74, 6) is -1.28. The van der Waals surface area contributed by atoms with Crippen molar-refractivity contribution in [2.45, 2.75) is 6.42 Å². The van der Waals surface area contributed by atoms with Crippen LogP contribution in [-0.4, -0.2) is 10.0 Å². The van der Waals surface area contributed by atoms with Gasteiger partial charge in [0.1, 0.15) is 0 Å². The molecule has 0 saturated carbocycles. The standard InChI is InChI=1S/C15H12FNO3/c16-14-10-12(6-7-15(14)18)9-13(17(19)20)8-11-4-2-1-3-5-11/h1-7,9-10,18H,8H2/b13-9-. The molecule has 0 radical (unpaired) electrons. The van der Waals surface area contributed by atoms with Gasteiger partial charge in [0.25, 0.3) is 5.70 Å². The lowest BCUT2D eigenvalue weighted by Crippen LogP contribution is -2.02. The van der Waals surface area contributed by atoms with E-state index in [0.29, 0.717) is 5.56 Å². The van der Waals surface area contributed by atoms with Crippen molar-refractivity contribution in [2.75, 3.05) is 0 Å². The minimum atomic E-state index is -0.804. The van der Waals surface area contributed by atoms with Crippen molar-refractivity contribution in [3.63, 3.8) is 0 Å². The Kier molecular flexibility index (Phi) is 4.10. The molecule has 5 heteroatoms.